The van der Waals surface area contributed by atoms with Gasteiger partial charge in [0.25, 0.3) is 0 Å². The topological polar surface area (TPSA) is 72.2 Å². The van der Waals surface area contributed by atoms with Gasteiger partial charge in [0, 0.05) is 16.7 Å². The van der Waals surface area contributed by atoms with Crippen LogP contribution in [0.25, 0.3) is 0 Å². The van der Waals surface area contributed by atoms with E-state index in [2.05, 4.69) is 27.6 Å². The number of nitrogen functional groups attached to an aromatic ring is 1. The van der Waals surface area contributed by atoms with Gasteiger partial charge in [-0.1, -0.05) is 26.2 Å². The quantitative estimate of drug-likeness (QED) is 0.774. The van der Waals surface area contributed by atoms with Crippen molar-refractivity contribution in [2.45, 2.75) is 43.9 Å². The Balaban J connectivity index is 1.92. The number of sulfonamides is 1. The molecule has 0 bridgehead atoms. The molecule has 1 fully saturated rings. The lowest BCUT2D eigenvalue weighted by molar-refractivity contribution is 0.271. The second-order valence-corrected chi connectivity index (χ2v) is 8.60. The van der Waals surface area contributed by atoms with E-state index in [1.807, 2.05) is 0 Å². The first-order valence-corrected chi connectivity index (χ1v) is 9.71. The lowest BCUT2D eigenvalue weighted by Crippen LogP contribution is -2.27. The molecule has 4 nitrogen and oxygen atoms in total. The lowest BCUT2D eigenvalue weighted by Gasteiger charge is -2.26. The van der Waals surface area contributed by atoms with Crippen LogP contribution in [0.1, 0.15) is 39.0 Å². The Labute approximate surface area is 135 Å². The molecule has 2 atom stereocenters. The van der Waals surface area contributed by atoms with Crippen molar-refractivity contribution in [3.8, 4) is 0 Å². The van der Waals surface area contributed by atoms with Crippen molar-refractivity contribution in [3.05, 3.63) is 22.7 Å². The van der Waals surface area contributed by atoms with E-state index in [1.165, 1.54) is 31.7 Å². The molecule has 1 aromatic carbocycles. The average molecular weight is 375 g/mol. The molecule has 21 heavy (non-hydrogen) atoms. The number of rotatable bonds is 5. The third kappa shape index (κ3) is 4.69. The summed E-state index contributed by atoms with van der Waals surface area (Å²) in [4.78, 5) is 0.244. The van der Waals surface area contributed by atoms with Crippen LogP contribution in [-0.4, -0.2) is 15.0 Å². The van der Waals surface area contributed by atoms with Gasteiger partial charge in [0.15, 0.2) is 0 Å². The summed E-state index contributed by atoms with van der Waals surface area (Å²) in [6, 6.07) is 4.74. The van der Waals surface area contributed by atoms with E-state index in [0.717, 1.165) is 12.3 Å². The van der Waals surface area contributed by atoms with Gasteiger partial charge in [-0.25, -0.2) is 13.1 Å². The maximum absolute atomic E-state index is 12.3. The SMILES string of the molecule is CC1CCCC(CCNS(=O)(=O)c2ccc(N)cc2Br)C1. The van der Waals surface area contributed by atoms with Crippen molar-refractivity contribution < 1.29 is 8.42 Å². The lowest BCUT2D eigenvalue weighted by atomic mass is 9.81. The maximum atomic E-state index is 12.3. The first kappa shape index (κ1) is 16.8. The maximum Gasteiger partial charge on any atom is 0.241 e. The molecule has 1 aromatic rings. The smallest absolute Gasteiger partial charge is 0.241 e. The Morgan fingerprint density at radius 2 is 2.14 bits per heavy atom. The second kappa shape index (κ2) is 7.11. The van der Waals surface area contributed by atoms with Gasteiger partial charge in [-0.3, -0.25) is 0 Å². The van der Waals surface area contributed by atoms with Crippen molar-refractivity contribution in [1.82, 2.24) is 4.72 Å². The van der Waals surface area contributed by atoms with Crippen molar-refractivity contribution in [3.63, 3.8) is 0 Å². The van der Waals surface area contributed by atoms with Crippen LogP contribution in [0.15, 0.2) is 27.6 Å². The molecule has 1 aliphatic carbocycles. The minimum Gasteiger partial charge on any atom is -0.399 e. The Morgan fingerprint density at radius 3 is 2.81 bits per heavy atom. The summed E-state index contributed by atoms with van der Waals surface area (Å²) in [6.07, 6.45) is 5.92. The Kier molecular flexibility index (Phi) is 5.68. The molecule has 0 aliphatic heterocycles. The minimum absolute atomic E-state index is 0.244. The van der Waals surface area contributed by atoms with E-state index >= 15 is 0 Å². The number of anilines is 1. The van der Waals surface area contributed by atoms with Crippen LogP contribution in [0, 0.1) is 11.8 Å². The van der Waals surface area contributed by atoms with E-state index in [0.29, 0.717) is 22.6 Å². The molecule has 118 valence electrons. The molecule has 0 heterocycles. The summed E-state index contributed by atoms with van der Waals surface area (Å²) < 4.78 is 27.8. The molecule has 0 aromatic heterocycles. The van der Waals surface area contributed by atoms with Crippen LogP contribution in [0.5, 0.6) is 0 Å². The summed E-state index contributed by atoms with van der Waals surface area (Å²) in [5.74, 6) is 1.41. The van der Waals surface area contributed by atoms with E-state index in [4.69, 9.17) is 5.73 Å². The molecule has 0 saturated heterocycles. The Hall–Kier alpha value is -0.590. The third-order valence-corrected chi connectivity index (χ3v) is 6.57. The van der Waals surface area contributed by atoms with Crippen LogP contribution in [0.2, 0.25) is 0 Å². The zero-order chi connectivity index (χ0) is 15.5. The highest BCUT2D eigenvalue weighted by molar-refractivity contribution is 9.10. The molecule has 1 saturated carbocycles. The molecule has 0 spiro atoms. The molecular weight excluding hydrogens is 352 g/mol. The van der Waals surface area contributed by atoms with Gasteiger partial charge in [0.05, 0.1) is 4.90 Å². The standard InChI is InChI=1S/C15H23BrN2O2S/c1-11-3-2-4-12(9-11)7-8-18-21(19,20)15-6-5-13(17)10-14(15)16/h5-6,10-12,18H,2-4,7-9,17H2,1H3. The van der Waals surface area contributed by atoms with Gasteiger partial charge in [-0.15, -0.1) is 0 Å². The fourth-order valence-corrected chi connectivity index (χ4v) is 5.17. The van der Waals surface area contributed by atoms with Gasteiger partial charge in [0.1, 0.15) is 0 Å². The van der Waals surface area contributed by atoms with E-state index in [9.17, 15) is 8.42 Å². The van der Waals surface area contributed by atoms with Crippen LogP contribution < -0.4 is 10.5 Å². The van der Waals surface area contributed by atoms with Crippen molar-refractivity contribution >= 4 is 31.6 Å². The van der Waals surface area contributed by atoms with Gasteiger partial charge in [-0.05, 0) is 58.8 Å². The molecule has 0 radical (unpaired) electrons. The van der Waals surface area contributed by atoms with Crippen molar-refractivity contribution in [2.75, 3.05) is 12.3 Å². The molecule has 2 rings (SSSR count). The van der Waals surface area contributed by atoms with Crippen LogP contribution in [0.3, 0.4) is 0 Å². The molecule has 6 heteroatoms. The normalized spacial score (nSPS) is 23.1. The molecule has 3 N–H and O–H groups in total. The van der Waals surface area contributed by atoms with Crippen LogP contribution >= 0.6 is 15.9 Å². The third-order valence-electron chi connectivity index (χ3n) is 4.14. The summed E-state index contributed by atoms with van der Waals surface area (Å²) >= 11 is 3.26. The largest absolute Gasteiger partial charge is 0.399 e. The van der Waals surface area contributed by atoms with Crippen LogP contribution in [-0.2, 0) is 10.0 Å². The summed E-state index contributed by atoms with van der Waals surface area (Å²) in [7, 11) is -3.47. The van der Waals surface area contributed by atoms with Gasteiger partial charge in [0.2, 0.25) is 10.0 Å². The summed E-state index contributed by atoms with van der Waals surface area (Å²) in [6.45, 7) is 2.78. The summed E-state index contributed by atoms with van der Waals surface area (Å²) in [5.41, 5.74) is 6.18. The molecule has 0 amide bonds. The minimum atomic E-state index is -3.47. The number of benzene rings is 1. The number of halogens is 1. The first-order chi connectivity index (χ1) is 9.88. The number of nitrogens with two attached hydrogens (primary N) is 1. The van der Waals surface area contributed by atoms with Gasteiger partial charge < -0.3 is 5.73 Å². The molecular formula is C15H23BrN2O2S. The zero-order valence-electron chi connectivity index (χ0n) is 12.3. The predicted octanol–water partition coefficient (Wildman–Crippen LogP) is 3.53. The fourth-order valence-electron chi connectivity index (χ4n) is 3.03. The van der Waals surface area contributed by atoms with Gasteiger partial charge >= 0.3 is 0 Å². The van der Waals surface area contributed by atoms with Crippen LogP contribution in [0.4, 0.5) is 5.69 Å². The van der Waals surface area contributed by atoms with Crippen molar-refractivity contribution in [1.29, 1.82) is 0 Å². The van der Waals surface area contributed by atoms with E-state index < -0.39 is 10.0 Å². The zero-order valence-corrected chi connectivity index (χ0v) is 14.7. The molecule has 2 unspecified atom stereocenters. The van der Waals surface area contributed by atoms with E-state index in [-0.39, 0.29) is 4.90 Å². The highest BCUT2D eigenvalue weighted by Gasteiger charge is 2.21. The number of hydrogen-bond acceptors (Lipinski definition) is 3. The Morgan fingerprint density at radius 1 is 1.38 bits per heavy atom. The first-order valence-electron chi connectivity index (χ1n) is 7.43. The Bertz CT molecular complexity index is 589. The average Bonchev–Trinajstić information content (AvgIpc) is 2.38. The van der Waals surface area contributed by atoms with E-state index in [1.54, 1.807) is 12.1 Å². The highest BCUT2D eigenvalue weighted by atomic mass is 79.9. The monoisotopic (exact) mass is 374 g/mol. The summed E-state index contributed by atoms with van der Waals surface area (Å²) in [5, 5.41) is 0. The highest BCUT2D eigenvalue weighted by Crippen LogP contribution is 2.30. The molecule has 1 aliphatic rings. The number of nitrogens with one attached hydrogen (secondary N) is 1. The predicted molar refractivity (Wildman–Crippen MR) is 89.5 cm³/mol. The second-order valence-electron chi connectivity index (χ2n) is 6.01. The number of hydrogen-bond donors (Lipinski definition) is 2. The van der Waals surface area contributed by atoms with Gasteiger partial charge in [-0.2, -0.15) is 0 Å². The van der Waals surface area contributed by atoms with Crippen molar-refractivity contribution in [2.24, 2.45) is 11.8 Å². The fraction of sp³-hybridized carbons (Fsp3) is 0.600.